The number of thiazole rings is 1. The van der Waals surface area contributed by atoms with Crippen molar-refractivity contribution in [1.82, 2.24) is 15.3 Å². The molecule has 0 aromatic carbocycles. The molecule has 0 saturated carbocycles. The molecule has 2 aromatic rings. The minimum absolute atomic E-state index is 0.298. The standard InChI is InChI=1S/C14H16FN3S/c1-2-17-11-4-3-5-12-13(11)19-14(18-12)9-6-7-16-8-10(9)15/h6-8,11,17H,2-5H2,1H3. The van der Waals surface area contributed by atoms with Gasteiger partial charge in [-0.3, -0.25) is 4.98 Å². The molecule has 100 valence electrons. The van der Waals surface area contributed by atoms with E-state index in [9.17, 15) is 4.39 Å². The third-order valence-corrected chi connectivity index (χ3v) is 4.65. The summed E-state index contributed by atoms with van der Waals surface area (Å²) in [5.41, 5.74) is 1.69. The number of pyridine rings is 1. The first-order valence-electron chi connectivity index (χ1n) is 6.62. The quantitative estimate of drug-likeness (QED) is 0.935. The number of hydrogen-bond donors (Lipinski definition) is 1. The summed E-state index contributed by atoms with van der Waals surface area (Å²) in [6.07, 6.45) is 6.15. The van der Waals surface area contributed by atoms with Crippen LogP contribution in [0, 0.1) is 5.82 Å². The van der Waals surface area contributed by atoms with Gasteiger partial charge in [0, 0.05) is 22.7 Å². The van der Waals surface area contributed by atoms with Crippen molar-refractivity contribution in [2.24, 2.45) is 0 Å². The van der Waals surface area contributed by atoms with E-state index < -0.39 is 0 Å². The van der Waals surface area contributed by atoms with Gasteiger partial charge in [-0.1, -0.05) is 6.92 Å². The van der Waals surface area contributed by atoms with Gasteiger partial charge in [0.1, 0.15) is 5.01 Å². The Balaban J connectivity index is 2.00. The summed E-state index contributed by atoms with van der Waals surface area (Å²) in [7, 11) is 0. The number of aromatic nitrogens is 2. The first kappa shape index (κ1) is 12.7. The summed E-state index contributed by atoms with van der Waals surface area (Å²) in [6.45, 7) is 3.06. The van der Waals surface area contributed by atoms with E-state index in [1.807, 2.05) is 0 Å². The highest BCUT2D eigenvalue weighted by molar-refractivity contribution is 7.15. The number of nitrogens with one attached hydrogen (secondary N) is 1. The Labute approximate surface area is 115 Å². The van der Waals surface area contributed by atoms with Crippen molar-refractivity contribution < 1.29 is 4.39 Å². The molecule has 1 aliphatic rings. The number of rotatable bonds is 3. The van der Waals surface area contributed by atoms with Crippen LogP contribution in [0.3, 0.4) is 0 Å². The molecule has 0 amide bonds. The first-order valence-corrected chi connectivity index (χ1v) is 7.44. The van der Waals surface area contributed by atoms with Crippen molar-refractivity contribution in [2.45, 2.75) is 32.2 Å². The fourth-order valence-corrected chi connectivity index (χ4v) is 3.77. The van der Waals surface area contributed by atoms with Gasteiger partial charge in [-0.25, -0.2) is 9.37 Å². The molecule has 0 fully saturated rings. The predicted molar refractivity (Wildman–Crippen MR) is 74.7 cm³/mol. The topological polar surface area (TPSA) is 37.8 Å². The number of fused-ring (bicyclic) bond motifs is 1. The van der Waals surface area contributed by atoms with Gasteiger partial charge >= 0.3 is 0 Å². The summed E-state index contributed by atoms with van der Waals surface area (Å²) >= 11 is 1.61. The van der Waals surface area contributed by atoms with Crippen LogP contribution in [0.2, 0.25) is 0 Å². The van der Waals surface area contributed by atoms with Crippen molar-refractivity contribution in [2.75, 3.05) is 6.54 Å². The van der Waals surface area contributed by atoms with Crippen LogP contribution in [0.1, 0.15) is 36.4 Å². The molecule has 2 heterocycles. The molecule has 0 spiro atoms. The van der Waals surface area contributed by atoms with Crippen molar-refractivity contribution in [1.29, 1.82) is 0 Å². The van der Waals surface area contributed by atoms with Gasteiger partial charge in [0.15, 0.2) is 5.82 Å². The van der Waals surface area contributed by atoms with Crippen LogP contribution < -0.4 is 5.32 Å². The van der Waals surface area contributed by atoms with Crippen LogP contribution in [-0.4, -0.2) is 16.5 Å². The van der Waals surface area contributed by atoms with Crippen LogP contribution in [0.4, 0.5) is 4.39 Å². The molecule has 0 saturated heterocycles. The molecule has 1 unspecified atom stereocenters. The molecule has 2 aromatic heterocycles. The van der Waals surface area contributed by atoms with E-state index in [0.29, 0.717) is 11.6 Å². The molecule has 0 aliphatic heterocycles. The monoisotopic (exact) mass is 277 g/mol. The van der Waals surface area contributed by atoms with E-state index in [2.05, 4.69) is 22.2 Å². The molecule has 5 heteroatoms. The Kier molecular flexibility index (Phi) is 3.57. The van der Waals surface area contributed by atoms with E-state index in [1.54, 1.807) is 23.6 Å². The average molecular weight is 277 g/mol. The molecule has 19 heavy (non-hydrogen) atoms. The van der Waals surface area contributed by atoms with Gasteiger partial charge in [0.25, 0.3) is 0 Å². The summed E-state index contributed by atoms with van der Waals surface area (Å²) in [5, 5.41) is 4.26. The highest BCUT2D eigenvalue weighted by atomic mass is 32.1. The highest BCUT2D eigenvalue weighted by Crippen LogP contribution is 2.38. The number of hydrogen-bond acceptors (Lipinski definition) is 4. The van der Waals surface area contributed by atoms with E-state index >= 15 is 0 Å². The molecule has 3 rings (SSSR count). The molecule has 0 radical (unpaired) electrons. The van der Waals surface area contributed by atoms with Crippen molar-refractivity contribution in [3.63, 3.8) is 0 Å². The minimum atomic E-state index is -0.298. The average Bonchev–Trinajstić information content (AvgIpc) is 2.84. The SMILES string of the molecule is CCNC1CCCc2nc(-c3ccncc3F)sc21. The zero-order chi connectivity index (χ0) is 13.2. The van der Waals surface area contributed by atoms with Gasteiger partial charge in [-0.2, -0.15) is 0 Å². The number of halogens is 1. The Morgan fingerprint density at radius 1 is 1.53 bits per heavy atom. The van der Waals surface area contributed by atoms with Gasteiger partial charge in [0.2, 0.25) is 0 Å². The lowest BCUT2D eigenvalue weighted by atomic mass is 9.98. The Bertz CT molecular complexity index is 582. The molecular weight excluding hydrogens is 261 g/mol. The predicted octanol–water partition coefficient (Wildman–Crippen LogP) is 3.33. The summed E-state index contributed by atoms with van der Waals surface area (Å²) in [6, 6.07) is 2.08. The van der Waals surface area contributed by atoms with Gasteiger partial charge in [0.05, 0.1) is 11.9 Å². The van der Waals surface area contributed by atoms with E-state index in [-0.39, 0.29) is 5.82 Å². The molecular formula is C14H16FN3S. The van der Waals surface area contributed by atoms with Crippen molar-refractivity contribution in [3.05, 3.63) is 34.8 Å². The maximum Gasteiger partial charge on any atom is 0.151 e. The molecule has 3 nitrogen and oxygen atoms in total. The largest absolute Gasteiger partial charge is 0.309 e. The highest BCUT2D eigenvalue weighted by Gasteiger charge is 2.24. The summed E-state index contributed by atoms with van der Waals surface area (Å²) in [5.74, 6) is -0.298. The van der Waals surface area contributed by atoms with E-state index in [1.165, 1.54) is 11.1 Å². The number of aryl methyl sites for hydroxylation is 1. The van der Waals surface area contributed by atoms with Crippen LogP contribution >= 0.6 is 11.3 Å². The lowest BCUT2D eigenvalue weighted by Crippen LogP contribution is -2.23. The van der Waals surface area contributed by atoms with Crippen LogP contribution in [0.5, 0.6) is 0 Å². The van der Waals surface area contributed by atoms with Crippen molar-refractivity contribution in [3.8, 4) is 10.6 Å². The Hall–Kier alpha value is -1.33. The normalized spacial score (nSPS) is 18.3. The minimum Gasteiger partial charge on any atom is -0.309 e. The van der Waals surface area contributed by atoms with Crippen LogP contribution in [-0.2, 0) is 6.42 Å². The molecule has 1 aliphatic carbocycles. The fourth-order valence-electron chi connectivity index (χ4n) is 2.52. The first-order chi connectivity index (χ1) is 9.29. The second kappa shape index (κ2) is 5.35. The zero-order valence-corrected chi connectivity index (χ0v) is 11.6. The zero-order valence-electron chi connectivity index (χ0n) is 10.8. The summed E-state index contributed by atoms with van der Waals surface area (Å²) in [4.78, 5) is 9.69. The Morgan fingerprint density at radius 2 is 2.42 bits per heavy atom. The molecule has 1 atom stereocenters. The maximum absolute atomic E-state index is 13.8. The van der Waals surface area contributed by atoms with E-state index in [4.69, 9.17) is 0 Å². The van der Waals surface area contributed by atoms with Gasteiger partial charge in [-0.05, 0) is 31.9 Å². The third kappa shape index (κ3) is 2.40. The van der Waals surface area contributed by atoms with Crippen LogP contribution in [0.15, 0.2) is 18.5 Å². The smallest absolute Gasteiger partial charge is 0.151 e. The van der Waals surface area contributed by atoms with Crippen LogP contribution in [0.25, 0.3) is 10.6 Å². The lowest BCUT2D eigenvalue weighted by Gasteiger charge is -2.21. The summed E-state index contributed by atoms with van der Waals surface area (Å²) < 4.78 is 13.8. The fraction of sp³-hybridized carbons (Fsp3) is 0.429. The second-order valence-electron chi connectivity index (χ2n) is 4.69. The molecule has 1 N–H and O–H groups in total. The lowest BCUT2D eigenvalue weighted by molar-refractivity contribution is 0.476. The van der Waals surface area contributed by atoms with Crippen molar-refractivity contribution >= 4 is 11.3 Å². The van der Waals surface area contributed by atoms with Gasteiger partial charge in [-0.15, -0.1) is 11.3 Å². The second-order valence-corrected chi connectivity index (χ2v) is 5.72. The van der Waals surface area contributed by atoms with Gasteiger partial charge < -0.3 is 5.32 Å². The Morgan fingerprint density at radius 3 is 3.21 bits per heavy atom. The number of nitrogens with zero attached hydrogens (tertiary/aromatic N) is 2. The molecule has 0 bridgehead atoms. The van der Waals surface area contributed by atoms with E-state index in [0.717, 1.165) is 36.5 Å². The maximum atomic E-state index is 13.8. The third-order valence-electron chi connectivity index (χ3n) is 3.40.